The highest BCUT2D eigenvalue weighted by molar-refractivity contribution is 5.86. The van der Waals surface area contributed by atoms with Crippen LogP contribution in [0.25, 0.3) is 22.0 Å². The molecule has 0 bridgehead atoms. The van der Waals surface area contributed by atoms with Crippen LogP contribution in [0.5, 0.6) is 0 Å². The van der Waals surface area contributed by atoms with Gasteiger partial charge < -0.3 is 4.52 Å². The average Bonchev–Trinajstić information content (AvgIpc) is 3.39. The normalized spacial score (nSPS) is 11.6. The van der Waals surface area contributed by atoms with Crippen molar-refractivity contribution in [2.75, 3.05) is 0 Å². The van der Waals surface area contributed by atoms with Crippen LogP contribution in [0.3, 0.4) is 0 Å². The fourth-order valence-electron chi connectivity index (χ4n) is 3.62. The summed E-state index contributed by atoms with van der Waals surface area (Å²) in [5.41, 5.74) is 5.15. The minimum atomic E-state index is -2.89. The molecule has 0 aliphatic rings. The summed E-state index contributed by atoms with van der Waals surface area (Å²) in [4.78, 5) is 4.30. The molecule has 0 aliphatic heterocycles. The van der Waals surface area contributed by atoms with Gasteiger partial charge in [0, 0.05) is 41.4 Å². The molecule has 0 saturated carbocycles. The summed E-state index contributed by atoms with van der Waals surface area (Å²) in [6.07, 6.45) is 3.77. The fourth-order valence-corrected chi connectivity index (χ4v) is 3.62. The topological polar surface area (TPSA) is 67.6 Å². The number of pyridine rings is 1. The van der Waals surface area contributed by atoms with Gasteiger partial charge in [-0.15, -0.1) is 0 Å². The molecule has 0 aliphatic carbocycles. The van der Waals surface area contributed by atoms with Gasteiger partial charge in [-0.1, -0.05) is 41.3 Å². The Morgan fingerprint density at radius 2 is 1.97 bits per heavy atom. The summed E-state index contributed by atoms with van der Waals surface area (Å²) in [5.74, 6) is 3.42. The number of aryl methyl sites for hydroxylation is 1. The average molecular weight is 428 g/mol. The lowest BCUT2D eigenvalue weighted by Crippen LogP contribution is -2.07. The smallest absolute Gasteiger partial charge is 0.270 e. The van der Waals surface area contributed by atoms with Gasteiger partial charge in [-0.05, 0) is 36.2 Å². The number of benzene rings is 2. The summed E-state index contributed by atoms with van der Waals surface area (Å²) >= 11 is 0. The van der Waals surface area contributed by atoms with Gasteiger partial charge in [-0.3, -0.25) is 5.10 Å². The van der Waals surface area contributed by atoms with Crippen LogP contribution >= 0.6 is 0 Å². The number of aromatic amines is 1. The van der Waals surface area contributed by atoms with E-state index < -0.39 is 5.92 Å². The number of nitrogens with one attached hydrogen (secondary N) is 1. The van der Waals surface area contributed by atoms with Crippen molar-refractivity contribution >= 4 is 22.0 Å². The van der Waals surface area contributed by atoms with Gasteiger partial charge in [-0.2, -0.15) is 5.10 Å². The Labute approximate surface area is 182 Å². The highest BCUT2D eigenvalue weighted by atomic mass is 19.3. The van der Waals surface area contributed by atoms with Crippen LogP contribution in [-0.4, -0.2) is 20.3 Å². The van der Waals surface area contributed by atoms with Crippen LogP contribution in [0.15, 0.2) is 59.4 Å². The molecule has 5 aromatic rings. The van der Waals surface area contributed by atoms with Gasteiger partial charge in [0.2, 0.25) is 0 Å². The van der Waals surface area contributed by atoms with E-state index in [1.54, 1.807) is 18.5 Å². The van der Waals surface area contributed by atoms with Gasteiger partial charge in [0.15, 0.2) is 11.2 Å². The van der Waals surface area contributed by atoms with Crippen molar-refractivity contribution in [2.45, 2.75) is 26.2 Å². The third-order valence-electron chi connectivity index (χ3n) is 5.35. The lowest BCUT2D eigenvalue weighted by molar-refractivity contribution is 0.0174. The number of fused-ring (bicyclic) bond motifs is 2. The SMILES string of the molecule is Cc1ccc2c(Cc3cccc(C(C)(F)F)c3)noc2c1C#Cc1cnc2[nH]ncc2c1. The molecule has 3 heterocycles. The van der Waals surface area contributed by atoms with Crippen molar-refractivity contribution in [1.82, 2.24) is 20.3 Å². The number of H-pyrrole nitrogens is 1. The van der Waals surface area contributed by atoms with Crippen molar-refractivity contribution in [3.05, 3.63) is 88.4 Å². The zero-order chi connectivity index (χ0) is 22.3. The number of halogens is 2. The molecule has 0 unspecified atom stereocenters. The molecule has 2 aromatic carbocycles. The monoisotopic (exact) mass is 428 g/mol. The van der Waals surface area contributed by atoms with Crippen molar-refractivity contribution < 1.29 is 13.3 Å². The van der Waals surface area contributed by atoms with E-state index in [2.05, 4.69) is 32.2 Å². The van der Waals surface area contributed by atoms with Gasteiger partial charge in [0.25, 0.3) is 5.92 Å². The molecule has 1 N–H and O–H groups in total. The second-order valence-electron chi connectivity index (χ2n) is 7.81. The second-order valence-corrected chi connectivity index (χ2v) is 7.81. The van der Waals surface area contributed by atoms with Crippen molar-refractivity contribution in [3.8, 4) is 11.8 Å². The summed E-state index contributed by atoms with van der Waals surface area (Å²) in [6, 6.07) is 12.2. The number of aromatic nitrogens is 4. The molecular weight excluding hydrogens is 410 g/mol. The zero-order valence-electron chi connectivity index (χ0n) is 17.4. The van der Waals surface area contributed by atoms with Gasteiger partial charge >= 0.3 is 0 Å². The van der Waals surface area contributed by atoms with Gasteiger partial charge in [-0.25, -0.2) is 13.8 Å². The first-order valence-corrected chi connectivity index (χ1v) is 10.0. The maximum atomic E-state index is 13.7. The maximum Gasteiger partial charge on any atom is 0.270 e. The number of alkyl halides is 2. The largest absolute Gasteiger partial charge is 0.355 e. The highest BCUT2D eigenvalue weighted by Gasteiger charge is 2.24. The molecule has 3 aromatic heterocycles. The minimum absolute atomic E-state index is 0.0200. The number of rotatable bonds is 3. The highest BCUT2D eigenvalue weighted by Crippen LogP contribution is 2.30. The molecule has 0 radical (unpaired) electrons. The van der Waals surface area contributed by atoms with E-state index >= 15 is 0 Å². The molecule has 0 saturated heterocycles. The Hall–Kier alpha value is -4.05. The van der Waals surface area contributed by atoms with Crippen LogP contribution in [0.4, 0.5) is 8.78 Å². The van der Waals surface area contributed by atoms with E-state index in [4.69, 9.17) is 4.52 Å². The van der Waals surface area contributed by atoms with Crippen molar-refractivity contribution in [1.29, 1.82) is 0 Å². The maximum absolute atomic E-state index is 13.7. The molecular formula is C25H18F2N4O. The fraction of sp³-hybridized carbons (Fsp3) is 0.160. The Morgan fingerprint density at radius 3 is 2.81 bits per heavy atom. The van der Waals surface area contributed by atoms with Crippen molar-refractivity contribution in [3.63, 3.8) is 0 Å². The quantitative estimate of drug-likeness (QED) is 0.385. The molecule has 7 heteroatoms. The number of hydrogen-bond acceptors (Lipinski definition) is 4. The van der Waals surface area contributed by atoms with Crippen molar-refractivity contribution in [2.24, 2.45) is 0 Å². The lowest BCUT2D eigenvalue weighted by Gasteiger charge is -2.11. The van der Waals surface area contributed by atoms with Crippen LogP contribution in [-0.2, 0) is 12.3 Å². The molecule has 0 atom stereocenters. The van der Waals surface area contributed by atoms with Gasteiger partial charge in [0.1, 0.15) is 0 Å². The standard InChI is InChI=1S/C25H18F2N4O/c1-15-6-8-21-22(12-16-4-3-5-19(11-16)25(2,26)27)31-32-23(21)20(15)9-7-17-10-18-14-29-30-24(18)28-13-17/h3-6,8,10-11,13-14H,12H2,1-2H3,(H,28,29,30). The van der Waals surface area contributed by atoms with Crippen LogP contribution in [0.2, 0.25) is 0 Å². The van der Waals surface area contributed by atoms with E-state index in [-0.39, 0.29) is 5.56 Å². The van der Waals surface area contributed by atoms with E-state index in [1.165, 1.54) is 12.1 Å². The molecule has 0 spiro atoms. The van der Waals surface area contributed by atoms with E-state index in [9.17, 15) is 8.78 Å². The Balaban J connectivity index is 1.51. The minimum Gasteiger partial charge on any atom is -0.355 e. The first-order chi connectivity index (χ1) is 15.4. The Kier molecular flexibility index (Phi) is 4.71. The Bertz CT molecular complexity index is 1520. The van der Waals surface area contributed by atoms with E-state index in [0.717, 1.165) is 39.9 Å². The molecule has 158 valence electrons. The lowest BCUT2D eigenvalue weighted by atomic mass is 10.00. The summed E-state index contributed by atoms with van der Waals surface area (Å²) in [6.45, 7) is 2.85. The predicted octanol–water partition coefficient (Wildman–Crippen LogP) is 5.51. The van der Waals surface area contributed by atoms with Crippen LogP contribution in [0.1, 0.15) is 40.4 Å². The first-order valence-electron chi connectivity index (χ1n) is 10.0. The molecule has 0 fully saturated rings. The molecule has 32 heavy (non-hydrogen) atoms. The first kappa shape index (κ1) is 19.9. The van der Waals surface area contributed by atoms with Gasteiger partial charge in [0.05, 0.1) is 17.5 Å². The summed E-state index contributed by atoms with van der Waals surface area (Å²) in [7, 11) is 0. The number of nitrogens with zero attached hydrogens (tertiary/aromatic N) is 3. The molecule has 5 nitrogen and oxygen atoms in total. The third-order valence-corrected chi connectivity index (χ3v) is 5.35. The second kappa shape index (κ2) is 7.57. The molecule has 5 rings (SSSR count). The molecule has 0 amide bonds. The number of hydrogen-bond donors (Lipinski definition) is 1. The van der Waals surface area contributed by atoms with E-state index in [0.29, 0.717) is 23.3 Å². The summed E-state index contributed by atoms with van der Waals surface area (Å²) in [5, 5.41) is 12.7. The van der Waals surface area contributed by atoms with E-state index in [1.807, 2.05) is 31.2 Å². The predicted molar refractivity (Wildman–Crippen MR) is 117 cm³/mol. The summed E-state index contributed by atoms with van der Waals surface area (Å²) < 4.78 is 33.0. The third kappa shape index (κ3) is 3.71. The Morgan fingerprint density at radius 1 is 1.09 bits per heavy atom. The van der Waals surface area contributed by atoms with Crippen LogP contribution < -0.4 is 0 Å². The van der Waals surface area contributed by atoms with Crippen LogP contribution in [0, 0.1) is 18.8 Å². The zero-order valence-corrected chi connectivity index (χ0v) is 17.4.